The molecule has 3 N–H and O–H groups in total. The van der Waals surface area contributed by atoms with Crippen molar-refractivity contribution in [3.63, 3.8) is 0 Å². The van der Waals surface area contributed by atoms with E-state index in [4.69, 9.17) is 18.0 Å². The number of nitrogens with zero attached hydrogens (tertiary/aromatic N) is 1. The van der Waals surface area contributed by atoms with Gasteiger partial charge in [-0.25, -0.2) is 0 Å². The van der Waals surface area contributed by atoms with Crippen molar-refractivity contribution in [2.45, 2.75) is 26.8 Å². The number of benzene rings is 1. The minimum atomic E-state index is 0.00956. The molecule has 0 aliphatic rings. The van der Waals surface area contributed by atoms with Crippen LogP contribution in [0.2, 0.25) is 0 Å². The highest BCUT2D eigenvalue weighted by Crippen LogP contribution is 2.20. The molecule has 0 saturated carbocycles. The molecule has 0 saturated heterocycles. The smallest absolute Gasteiger partial charge is 0.239 e. The predicted octanol–water partition coefficient (Wildman–Crippen LogP) is 1.59. The van der Waals surface area contributed by atoms with E-state index in [1.165, 1.54) is 0 Å². The molecule has 0 aliphatic heterocycles. The summed E-state index contributed by atoms with van der Waals surface area (Å²) < 4.78 is 0. The average molecular weight is 279 g/mol. The molecule has 4 nitrogen and oxygen atoms in total. The maximum atomic E-state index is 11.7. The molecule has 5 heteroatoms. The van der Waals surface area contributed by atoms with Gasteiger partial charge in [-0.15, -0.1) is 0 Å². The van der Waals surface area contributed by atoms with Crippen molar-refractivity contribution in [1.29, 1.82) is 0 Å². The van der Waals surface area contributed by atoms with Gasteiger partial charge in [-0.2, -0.15) is 0 Å². The first kappa shape index (κ1) is 15.4. The van der Waals surface area contributed by atoms with E-state index in [1.54, 1.807) is 0 Å². The zero-order chi connectivity index (χ0) is 14.6. The lowest BCUT2D eigenvalue weighted by Crippen LogP contribution is -2.38. The van der Waals surface area contributed by atoms with Crippen molar-refractivity contribution in [3.8, 4) is 0 Å². The summed E-state index contributed by atoms with van der Waals surface area (Å²) in [6, 6.07) is 5.90. The number of nitrogens with one attached hydrogen (secondary N) is 1. The maximum absolute atomic E-state index is 11.7. The largest absolute Gasteiger partial charge is 0.389 e. The Hall–Kier alpha value is -1.62. The second kappa shape index (κ2) is 6.52. The van der Waals surface area contributed by atoms with Crippen LogP contribution in [0.1, 0.15) is 25.0 Å². The maximum Gasteiger partial charge on any atom is 0.239 e. The number of aryl methyl sites for hydroxylation is 1. The molecule has 1 rings (SSSR count). The molecule has 19 heavy (non-hydrogen) atoms. The first-order valence-electron chi connectivity index (χ1n) is 6.22. The van der Waals surface area contributed by atoms with E-state index in [-0.39, 0.29) is 11.9 Å². The second-order valence-corrected chi connectivity index (χ2v) is 5.38. The van der Waals surface area contributed by atoms with E-state index < -0.39 is 0 Å². The number of carbonyl (C=O) groups excluding carboxylic acids is 1. The van der Waals surface area contributed by atoms with Gasteiger partial charge in [0.1, 0.15) is 4.99 Å². The molecule has 0 unspecified atom stereocenters. The van der Waals surface area contributed by atoms with Crippen molar-refractivity contribution < 1.29 is 4.79 Å². The van der Waals surface area contributed by atoms with E-state index >= 15 is 0 Å². The van der Waals surface area contributed by atoms with Crippen LogP contribution >= 0.6 is 12.2 Å². The third-order valence-electron chi connectivity index (χ3n) is 2.72. The van der Waals surface area contributed by atoms with Gasteiger partial charge in [-0.3, -0.25) is 4.79 Å². The van der Waals surface area contributed by atoms with Crippen LogP contribution in [0.15, 0.2) is 18.2 Å². The van der Waals surface area contributed by atoms with Crippen LogP contribution in [-0.2, 0) is 4.79 Å². The molecular weight excluding hydrogens is 258 g/mol. The van der Waals surface area contributed by atoms with Gasteiger partial charge in [0.15, 0.2) is 0 Å². The first-order valence-corrected chi connectivity index (χ1v) is 6.63. The Balaban J connectivity index is 2.80. The van der Waals surface area contributed by atoms with Crippen LogP contribution in [0.3, 0.4) is 0 Å². The van der Waals surface area contributed by atoms with Gasteiger partial charge in [0.2, 0.25) is 5.91 Å². The molecule has 0 aliphatic carbocycles. The van der Waals surface area contributed by atoms with Crippen LogP contribution in [0, 0.1) is 6.92 Å². The lowest BCUT2D eigenvalue weighted by Gasteiger charge is -2.22. The number of carbonyl (C=O) groups is 1. The minimum absolute atomic E-state index is 0.00956. The molecule has 0 radical (unpaired) electrons. The number of rotatable bonds is 5. The van der Waals surface area contributed by atoms with Crippen LogP contribution in [-0.4, -0.2) is 30.5 Å². The van der Waals surface area contributed by atoms with E-state index in [0.717, 1.165) is 16.8 Å². The first-order chi connectivity index (χ1) is 8.81. The number of nitrogens with two attached hydrogens (primary N) is 1. The number of hydrogen-bond donors (Lipinski definition) is 2. The molecule has 104 valence electrons. The van der Waals surface area contributed by atoms with Gasteiger partial charge in [0, 0.05) is 24.3 Å². The molecular formula is C14H21N3OS. The van der Waals surface area contributed by atoms with Gasteiger partial charge >= 0.3 is 0 Å². The number of thiocarbonyl (C=S) groups is 1. The quantitative estimate of drug-likeness (QED) is 0.804. The highest BCUT2D eigenvalue weighted by molar-refractivity contribution is 7.80. The normalized spacial score (nSPS) is 10.4. The Labute approximate surface area is 120 Å². The van der Waals surface area contributed by atoms with Crippen LogP contribution in [0.5, 0.6) is 0 Å². The zero-order valence-corrected chi connectivity index (χ0v) is 12.7. The molecule has 0 fully saturated rings. The zero-order valence-electron chi connectivity index (χ0n) is 11.9. The van der Waals surface area contributed by atoms with Gasteiger partial charge < -0.3 is 16.0 Å². The monoisotopic (exact) mass is 279 g/mol. The van der Waals surface area contributed by atoms with Gasteiger partial charge in [0.25, 0.3) is 0 Å². The topological polar surface area (TPSA) is 58.4 Å². The third kappa shape index (κ3) is 4.52. The predicted molar refractivity (Wildman–Crippen MR) is 83.6 cm³/mol. The SMILES string of the molecule is Cc1cc(C(N)=S)ccc1N(C)CC(=O)NC(C)C. The summed E-state index contributed by atoms with van der Waals surface area (Å²) in [6.45, 7) is 6.19. The second-order valence-electron chi connectivity index (χ2n) is 4.94. The summed E-state index contributed by atoms with van der Waals surface area (Å²) in [5, 5.41) is 2.87. The average Bonchev–Trinajstić information content (AvgIpc) is 2.26. The standard InChI is InChI=1S/C14H21N3OS/c1-9(2)16-13(18)8-17(4)12-6-5-11(14(15)19)7-10(12)3/h5-7,9H,8H2,1-4H3,(H2,15,19)(H,16,18). The minimum Gasteiger partial charge on any atom is -0.389 e. The highest BCUT2D eigenvalue weighted by Gasteiger charge is 2.11. The fraction of sp³-hybridized carbons (Fsp3) is 0.429. The Kier molecular flexibility index (Phi) is 5.30. The fourth-order valence-corrected chi connectivity index (χ4v) is 2.03. The van der Waals surface area contributed by atoms with Crippen LogP contribution in [0.25, 0.3) is 0 Å². The van der Waals surface area contributed by atoms with E-state index in [0.29, 0.717) is 11.5 Å². The Morgan fingerprint density at radius 1 is 1.47 bits per heavy atom. The summed E-state index contributed by atoms with van der Waals surface area (Å²) in [6.07, 6.45) is 0. The summed E-state index contributed by atoms with van der Waals surface area (Å²) in [5.41, 5.74) is 8.49. The Morgan fingerprint density at radius 3 is 2.58 bits per heavy atom. The molecule has 1 amide bonds. The Morgan fingerprint density at radius 2 is 2.11 bits per heavy atom. The van der Waals surface area contributed by atoms with Gasteiger partial charge in [-0.05, 0) is 44.5 Å². The molecule has 0 spiro atoms. The number of hydrogen-bond acceptors (Lipinski definition) is 3. The van der Waals surface area contributed by atoms with Crippen LogP contribution in [0.4, 0.5) is 5.69 Å². The lowest BCUT2D eigenvalue weighted by molar-refractivity contribution is -0.120. The fourth-order valence-electron chi connectivity index (χ4n) is 1.91. The van der Waals surface area contributed by atoms with E-state index in [1.807, 2.05) is 50.9 Å². The number of amides is 1. The summed E-state index contributed by atoms with van der Waals surface area (Å²) in [7, 11) is 1.89. The number of anilines is 1. The van der Waals surface area contributed by atoms with Crippen molar-refractivity contribution in [2.24, 2.45) is 5.73 Å². The third-order valence-corrected chi connectivity index (χ3v) is 2.96. The molecule has 0 bridgehead atoms. The van der Waals surface area contributed by atoms with Gasteiger partial charge in [0.05, 0.1) is 6.54 Å². The van der Waals surface area contributed by atoms with Gasteiger partial charge in [-0.1, -0.05) is 12.2 Å². The van der Waals surface area contributed by atoms with Crippen molar-refractivity contribution in [2.75, 3.05) is 18.5 Å². The summed E-state index contributed by atoms with van der Waals surface area (Å²) in [4.78, 5) is 14.0. The summed E-state index contributed by atoms with van der Waals surface area (Å²) in [5.74, 6) is 0.00956. The molecule has 1 aromatic carbocycles. The van der Waals surface area contributed by atoms with Crippen molar-refractivity contribution >= 4 is 28.8 Å². The van der Waals surface area contributed by atoms with E-state index in [2.05, 4.69) is 5.32 Å². The molecule has 0 heterocycles. The van der Waals surface area contributed by atoms with E-state index in [9.17, 15) is 4.79 Å². The number of likely N-dealkylation sites (N-methyl/N-ethyl adjacent to an activating group) is 1. The molecule has 1 aromatic rings. The van der Waals surface area contributed by atoms with Crippen LogP contribution < -0.4 is 16.0 Å². The molecule has 0 aromatic heterocycles. The van der Waals surface area contributed by atoms with Crippen molar-refractivity contribution in [3.05, 3.63) is 29.3 Å². The molecule has 0 atom stereocenters. The van der Waals surface area contributed by atoms with Crippen molar-refractivity contribution in [1.82, 2.24) is 5.32 Å². The highest BCUT2D eigenvalue weighted by atomic mass is 32.1. The summed E-state index contributed by atoms with van der Waals surface area (Å²) >= 11 is 4.95. The lowest BCUT2D eigenvalue weighted by atomic mass is 10.1. The Bertz CT molecular complexity index is 486.